The van der Waals surface area contributed by atoms with Gasteiger partial charge >= 0.3 is 0 Å². The van der Waals surface area contributed by atoms with Crippen LogP contribution in [-0.2, 0) is 0 Å². The maximum absolute atomic E-state index is 6.66. The Labute approximate surface area is 278 Å². The summed E-state index contributed by atoms with van der Waals surface area (Å²) in [7, 11) is 0. The Morgan fingerprint density at radius 1 is 0.458 bits per heavy atom. The van der Waals surface area contributed by atoms with E-state index in [1.807, 2.05) is 78.1 Å². The molecule has 6 aromatic carbocycles. The molecule has 10 rings (SSSR count). The van der Waals surface area contributed by atoms with Gasteiger partial charge in [0.05, 0.1) is 5.39 Å². The van der Waals surface area contributed by atoms with Crippen molar-refractivity contribution >= 4 is 64.4 Å². The van der Waals surface area contributed by atoms with Crippen molar-refractivity contribution in [2.75, 3.05) is 0 Å². The number of pyridine rings is 1. The third-order valence-corrected chi connectivity index (χ3v) is 10.2. The standard InChI is InChI=1S/C42H24N4OS/c1-3-12-26(13-4-1)39-44-40(27-14-5-2-6-15-27)46-41(45-39)33-23-24-43-42-36(33)31-19-9-18-30(37(31)47-42)29-17-10-20-34-35(29)32-22-21-25-11-7-8-16-28(25)38(32)48-34/h1-24H. The number of hydrogen-bond donors (Lipinski definition) is 0. The molecule has 0 unspecified atom stereocenters. The molecule has 4 heterocycles. The van der Waals surface area contributed by atoms with Crippen LogP contribution in [0.25, 0.3) is 98.3 Å². The second-order valence-corrected chi connectivity index (χ2v) is 12.9. The minimum absolute atomic E-state index is 0.547. The first-order valence-corrected chi connectivity index (χ1v) is 16.6. The lowest BCUT2D eigenvalue weighted by atomic mass is 9.96. The summed E-state index contributed by atoms with van der Waals surface area (Å²) in [6, 6.07) is 48.0. The monoisotopic (exact) mass is 632 g/mol. The molecule has 0 aliphatic rings. The van der Waals surface area contributed by atoms with Crippen molar-refractivity contribution in [2.45, 2.75) is 0 Å². The summed E-state index contributed by atoms with van der Waals surface area (Å²) in [5, 5.41) is 6.87. The van der Waals surface area contributed by atoms with Crippen LogP contribution in [0.1, 0.15) is 0 Å². The third kappa shape index (κ3) is 4.16. The Hall–Kier alpha value is -6.24. The van der Waals surface area contributed by atoms with Gasteiger partial charge in [0, 0.05) is 54.0 Å². The van der Waals surface area contributed by atoms with E-state index < -0.39 is 0 Å². The topological polar surface area (TPSA) is 64.7 Å². The van der Waals surface area contributed by atoms with Crippen LogP contribution in [0.5, 0.6) is 0 Å². The molecule has 10 aromatic rings. The molecule has 0 aliphatic heterocycles. The third-order valence-electron chi connectivity index (χ3n) is 9.02. The molecule has 5 nitrogen and oxygen atoms in total. The van der Waals surface area contributed by atoms with Gasteiger partial charge in [-0.2, -0.15) is 0 Å². The number of para-hydroxylation sites is 1. The van der Waals surface area contributed by atoms with Crippen molar-refractivity contribution in [3.05, 3.63) is 146 Å². The normalized spacial score (nSPS) is 11.8. The fourth-order valence-corrected chi connectivity index (χ4v) is 8.09. The molecular formula is C42H24N4OS. The molecule has 48 heavy (non-hydrogen) atoms. The first kappa shape index (κ1) is 26.9. The van der Waals surface area contributed by atoms with Gasteiger partial charge in [-0.3, -0.25) is 0 Å². The zero-order valence-electron chi connectivity index (χ0n) is 25.5. The van der Waals surface area contributed by atoms with Gasteiger partial charge in [-0.1, -0.05) is 127 Å². The quantitative estimate of drug-likeness (QED) is 0.193. The lowest BCUT2D eigenvalue weighted by molar-refractivity contribution is 0.655. The van der Waals surface area contributed by atoms with Gasteiger partial charge in [0.15, 0.2) is 17.5 Å². The SMILES string of the molecule is c1ccc(-c2nc(-c3ccccc3)nc(-c3ccnc4oc5c(-c6cccc7sc8c9ccccc9ccc8c67)cccc5c34)n2)cc1. The van der Waals surface area contributed by atoms with Crippen LogP contribution < -0.4 is 0 Å². The molecule has 0 saturated heterocycles. The van der Waals surface area contributed by atoms with Gasteiger partial charge in [-0.25, -0.2) is 19.9 Å². The largest absolute Gasteiger partial charge is 0.437 e. The van der Waals surface area contributed by atoms with Crippen LogP contribution in [0, 0.1) is 0 Å². The Kier molecular flexibility index (Phi) is 5.98. The highest BCUT2D eigenvalue weighted by atomic mass is 32.1. The highest BCUT2D eigenvalue weighted by Gasteiger charge is 2.21. The molecule has 224 valence electrons. The van der Waals surface area contributed by atoms with E-state index in [9.17, 15) is 0 Å². The van der Waals surface area contributed by atoms with Crippen molar-refractivity contribution in [3.8, 4) is 45.3 Å². The molecule has 0 spiro atoms. The molecule has 0 fully saturated rings. The minimum Gasteiger partial charge on any atom is -0.437 e. The van der Waals surface area contributed by atoms with E-state index in [0.29, 0.717) is 23.2 Å². The fourth-order valence-electron chi connectivity index (χ4n) is 6.83. The highest BCUT2D eigenvalue weighted by molar-refractivity contribution is 7.26. The Bertz CT molecular complexity index is 2780. The van der Waals surface area contributed by atoms with Crippen LogP contribution in [0.4, 0.5) is 0 Å². The number of furan rings is 1. The van der Waals surface area contributed by atoms with Crippen LogP contribution in [0.15, 0.2) is 150 Å². The molecule has 0 atom stereocenters. The average molecular weight is 633 g/mol. The van der Waals surface area contributed by atoms with E-state index in [2.05, 4.69) is 72.8 Å². The number of aromatic nitrogens is 4. The molecule has 6 heteroatoms. The smallest absolute Gasteiger partial charge is 0.228 e. The minimum atomic E-state index is 0.547. The summed E-state index contributed by atoms with van der Waals surface area (Å²) >= 11 is 1.84. The Balaban J connectivity index is 1.22. The zero-order chi connectivity index (χ0) is 31.6. The summed E-state index contributed by atoms with van der Waals surface area (Å²) in [4.78, 5) is 19.6. The molecule has 0 saturated carbocycles. The lowest BCUT2D eigenvalue weighted by Crippen LogP contribution is -2.00. The summed E-state index contributed by atoms with van der Waals surface area (Å²) in [5.74, 6) is 1.80. The van der Waals surface area contributed by atoms with Crippen molar-refractivity contribution in [1.29, 1.82) is 0 Å². The summed E-state index contributed by atoms with van der Waals surface area (Å²) in [6.07, 6.45) is 1.77. The van der Waals surface area contributed by atoms with E-state index in [0.717, 1.165) is 44.2 Å². The summed E-state index contributed by atoms with van der Waals surface area (Å²) in [5.41, 5.74) is 6.20. The number of rotatable bonds is 4. The second-order valence-electron chi connectivity index (χ2n) is 11.8. The number of nitrogens with zero attached hydrogens (tertiary/aromatic N) is 4. The number of fused-ring (bicyclic) bond motifs is 8. The van der Waals surface area contributed by atoms with E-state index in [-0.39, 0.29) is 0 Å². The zero-order valence-corrected chi connectivity index (χ0v) is 26.3. The van der Waals surface area contributed by atoms with Crippen molar-refractivity contribution in [2.24, 2.45) is 0 Å². The van der Waals surface area contributed by atoms with Gasteiger partial charge in [-0.15, -0.1) is 11.3 Å². The van der Waals surface area contributed by atoms with Crippen molar-refractivity contribution in [1.82, 2.24) is 19.9 Å². The van der Waals surface area contributed by atoms with E-state index >= 15 is 0 Å². The van der Waals surface area contributed by atoms with Gasteiger partial charge in [-0.05, 0) is 28.5 Å². The van der Waals surface area contributed by atoms with Gasteiger partial charge in [0.1, 0.15) is 5.58 Å². The van der Waals surface area contributed by atoms with E-state index in [4.69, 9.17) is 24.4 Å². The maximum atomic E-state index is 6.66. The van der Waals surface area contributed by atoms with Crippen LogP contribution in [-0.4, -0.2) is 19.9 Å². The lowest BCUT2D eigenvalue weighted by Gasteiger charge is -2.09. The Morgan fingerprint density at radius 3 is 1.92 bits per heavy atom. The molecule has 0 aliphatic carbocycles. The van der Waals surface area contributed by atoms with Crippen molar-refractivity contribution in [3.63, 3.8) is 0 Å². The van der Waals surface area contributed by atoms with Crippen molar-refractivity contribution < 1.29 is 4.42 Å². The molecule has 0 bridgehead atoms. The number of thiophene rings is 1. The second kappa shape index (κ2) is 10.7. The van der Waals surface area contributed by atoms with Crippen LogP contribution >= 0.6 is 11.3 Å². The first-order valence-electron chi connectivity index (χ1n) is 15.8. The summed E-state index contributed by atoms with van der Waals surface area (Å²) < 4.78 is 9.21. The van der Waals surface area contributed by atoms with E-state index in [1.165, 1.54) is 30.9 Å². The predicted octanol–water partition coefficient (Wildman–Crippen LogP) is 11.4. The molecule has 4 aromatic heterocycles. The maximum Gasteiger partial charge on any atom is 0.228 e. The first-order chi connectivity index (χ1) is 23.8. The Morgan fingerprint density at radius 2 is 1.12 bits per heavy atom. The molecular weight excluding hydrogens is 609 g/mol. The molecule has 0 N–H and O–H groups in total. The fraction of sp³-hybridized carbons (Fsp3) is 0. The van der Waals surface area contributed by atoms with E-state index in [1.54, 1.807) is 6.20 Å². The average Bonchev–Trinajstić information content (AvgIpc) is 3.74. The van der Waals surface area contributed by atoms with Crippen LogP contribution in [0.3, 0.4) is 0 Å². The number of hydrogen-bond acceptors (Lipinski definition) is 6. The van der Waals surface area contributed by atoms with Gasteiger partial charge in [0.2, 0.25) is 5.71 Å². The highest BCUT2D eigenvalue weighted by Crippen LogP contribution is 2.46. The molecule has 0 amide bonds. The van der Waals surface area contributed by atoms with Gasteiger partial charge in [0.25, 0.3) is 0 Å². The van der Waals surface area contributed by atoms with Crippen LogP contribution in [0.2, 0.25) is 0 Å². The van der Waals surface area contributed by atoms with Gasteiger partial charge < -0.3 is 4.42 Å². The summed E-state index contributed by atoms with van der Waals surface area (Å²) in [6.45, 7) is 0. The number of benzene rings is 6. The molecule has 0 radical (unpaired) electrons. The predicted molar refractivity (Wildman–Crippen MR) is 197 cm³/mol.